The van der Waals surface area contributed by atoms with Gasteiger partial charge in [-0.15, -0.1) is 0 Å². The third-order valence-electron chi connectivity index (χ3n) is 1.64. The van der Waals surface area contributed by atoms with Gasteiger partial charge in [0.2, 0.25) is 0 Å². The van der Waals surface area contributed by atoms with E-state index in [9.17, 15) is 9.59 Å². The van der Waals surface area contributed by atoms with E-state index in [0.717, 1.165) is 0 Å². The van der Waals surface area contributed by atoms with Gasteiger partial charge in [0.1, 0.15) is 6.73 Å². The molecule has 0 aliphatic heterocycles. The molecule has 1 amide bonds. The molecule has 14 heavy (non-hydrogen) atoms. The van der Waals surface area contributed by atoms with E-state index in [-0.39, 0.29) is 11.1 Å². The summed E-state index contributed by atoms with van der Waals surface area (Å²) in [5, 5.41) is 19.3. The highest BCUT2D eigenvalue weighted by Gasteiger charge is 2.14. The van der Waals surface area contributed by atoms with Crippen LogP contribution in [0.2, 0.25) is 0 Å². The van der Waals surface area contributed by atoms with E-state index in [2.05, 4.69) is 5.32 Å². The molecule has 0 atom stereocenters. The second kappa shape index (κ2) is 4.38. The molecule has 1 aromatic rings. The van der Waals surface area contributed by atoms with Gasteiger partial charge in [-0.25, -0.2) is 4.79 Å². The molecular weight excluding hydrogens is 186 g/mol. The molecule has 0 fully saturated rings. The third-order valence-corrected chi connectivity index (χ3v) is 1.64. The molecule has 74 valence electrons. The Hall–Kier alpha value is -1.88. The largest absolute Gasteiger partial charge is 0.478 e. The van der Waals surface area contributed by atoms with Gasteiger partial charge >= 0.3 is 5.97 Å². The lowest BCUT2D eigenvalue weighted by Crippen LogP contribution is -2.25. The number of aliphatic hydroxyl groups is 1. The van der Waals surface area contributed by atoms with E-state index >= 15 is 0 Å². The summed E-state index contributed by atoms with van der Waals surface area (Å²) < 4.78 is 0. The number of amides is 1. The molecule has 0 heterocycles. The fourth-order valence-electron chi connectivity index (χ4n) is 1.03. The molecule has 5 nitrogen and oxygen atoms in total. The Bertz CT molecular complexity index is 362. The van der Waals surface area contributed by atoms with E-state index in [0.29, 0.717) is 0 Å². The summed E-state index contributed by atoms with van der Waals surface area (Å²) in [6.07, 6.45) is 0. The highest BCUT2D eigenvalue weighted by atomic mass is 16.4. The van der Waals surface area contributed by atoms with Gasteiger partial charge in [-0.05, 0) is 12.1 Å². The zero-order valence-corrected chi connectivity index (χ0v) is 7.23. The minimum atomic E-state index is -1.17. The molecule has 0 aliphatic carbocycles. The molecule has 1 aromatic carbocycles. The van der Waals surface area contributed by atoms with Crippen LogP contribution in [-0.4, -0.2) is 28.8 Å². The van der Waals surface area contributed by atoms with E-state index in [4.69, 9.17) is 10.2 Å². The minimum absolute atomic E-state index is 0.0362. The molecule has 0 unspecified atom stereocenters. The molecule has 5 heteroatoms. The molecule has 0 aromatic heterocycles. The Morgan fingerprint density at radius 1 is 1.21 bits per heavy atom. The van der Waals surface area contributed by atoms with Crippen molar-refractivity contribution < 1.29 is 19.8 Å². The van der Waals surface area contributed by atoms with Crippen molar-refractivity contribution in [2.24, 2.45) is 0 Å². The molecule has 3 N–H and O–H groups in total. The van der Waals surface area contributed by atoms with Crippen LogP contribution in [0.3, 0.4) is 0 Å². The molecule has 0 radical (unpaired) electrons. The first kappa shape index (κ1) is 10.2. The second-order valence-electron chi connectivity index (χ2n) is 2.51. The van der Waals surface area contributed by atoms with E-state index in [1.54, 1.807) is 6.07 Å². The van der Waals surface area contributed by atoms with E-state index in [1.165, 1.54) is 18.2 Å². The molecule has 1 rings (SSSR count). The number of hydrogen-bond acceptors (Lipinski definition) is 3. The van der Waals surface area contributed by atoms with Crippen molar-refractivity contribution in [1.29, 1.82) is 0 Å². The molecule has 0 bridgehead atoms. The first-order valence-electron chi connectivity index (χ1n) is 3.88. The van der Waals surface area contributed by atoms with Gasteiger partial charge in [0.15, 0.2) is 0 Å². The fourth-order valence-corrected chi connectivity index (χ4v) is 1.03. The van der Waals surface area contributed by atoms with Crippen LogP contribution in [0.1, 0.15) is 20.7 Å². The maximum atomic E-state index is 11.2. The summed E-state index contributed by atoms with van der Waals surface area (Å²) in [5.41, 5.74) is -0.0486. The van der Waals surface area contributed by atoms with Crippen molar-refractivity contribution in [2.45, 2.75) is 0 Å². The van der Waals surface area contributed by atoms with Crippen LogP contribution in [0.25, 0.3) is 0 Å². The number of benzene rings is 1. The third kappa shape index (κ3) is 2.08. The molecule has 0 saturated carbocycles. The van der Waals surface area contributed by atoms with Gasteiger partial charge < -0.3 is 15.5 Å². The SMILES string of the molecule is O=C(O)c1ccccc1C(=O)NCO. The van der Waals surface area contributed by atoms with Gasteiger partial charge in [0.05, 0.1) is 11.1 Å². The Balaban J connectivity index is 3.07. The first-order chi connectivity index (χ1) is 6.66. The van der Waals surface area contributed by atoms with Gasteiger partial charge in [0, 0.05) is 0 Å². The van der Waals surface area contributed by atoms with Crippen LogP contribution in [0, 0.1) is 0 Å². The lowest BCUT2D eigenvalue weighted by Gasteiger charge is -2.04. The summed E-state index contributed by atoms with van der Waals surface area (Å²) in [5.74, 6) is -1.78. The van der Waals surface area contributed by atoms with Crippen molar-refractivity contribution >= 4 is 11.9 Å². The average Bonchev–Trinajstić information content (AvgIpc) is 2.18. The van der Waals surface area contributed by atoms with Crippen LogP contribution >= 0.6 is 0 Å². The van der Waals surface area contributed by atoms with Crippen molar-refractivity contribution in [3.63, 3.8) is 0 Å². The van der Waals surface area contributed by atoms with Gasteiger partial charge in [-0.1, -0.05) is 12.1 Å². The Labute approximate surface area is 80.0 Å². The predicted octanol–water partition coefficient (Wildman–Crippen LogP) is 0.0644. The summed E-state index contributed by atoms with van der Waals surface area (Å²) >= 11 is 0. The maximum Gasteiger partial charge on any atom is 0.336 e. The fraction of sp³-hybridized carbons (Fsp3) is 0.111. The normalized spacial score (nSPS) is 9.50. The Morgan fingerprint density at radius 2 is 1.79 bits per heavy atom. The van der Waals surface area contributed by atoms with Crippen molar-refractivity contribution in [1.82, 2.24) is 5.32 Å². The molecular formula is C9H9NO4. The first-order valence-corrected chi connectivity index (χ1v) is 3.88. The topological polar surface area (TPSA) is 86.6 Å². The minimum Gasteiger partial charge on any atom is -0.478 e. The summed E-state index contributed by atoms with van der Waals surface area (Å²) in [7, 11) is 0. The predicted molar refractivity (Wildman–Crippen MR) is 48.0 cm³/mol. The van der Waals surface area contributed by atoms with Crippen LogP contribution < -0.4 is 5.32 Å². The number of rotatable bonds is 3. The second-order valence-corrected chi connectivity index (χ2v) is 2.51. The highest BCUT2D eigenvalue weighted by molar-refractivity contribution is 6.04. The van der Waals surface area contributed by atoms with Crippen LogP contribution in [-0.2, 0) is 0 Å². The Kier molecular flexibility index (Phi) is 3.19. The number of carboxylic acid groups (broad SMARTS) is 1. The number of hydrogen-bond donors (Lipinski definition) is 3. The zero-order valence-electron chi connectivity index (χ0n) is 7.23. The van der Waals surface area contributed by atoms with Crippen molar-refractivity contribution in [2.75, 3.05) is 6.73 Å². The smallest absolute Gasteiger partial charge is 0.336 e. The summed E-state index contributed by atoms with van der Waals surface area (Å²) in [6.45, 7) is -0.521. The Morgan fingerprint density at radius 3 is 2.29 bits per heavy atom. The van der Waals surface area contributed by atoms with Gasteiger partial charge in [0.25, 0.3) is 5.91 Å². The number of aromatic carboxylic acids is 1. The van der Waals surface area contributed by atoms with E-state index in [1.807, 2.05) is 0 Å². The molecule has 0 spiro atoms. The van der Waals surface area contributed by atoms with Crippen LogP contribution in [0.15, 0.2) is 24.3 Å². The average molecular weight is 195 g/mol. The number of nitrogens with one attached hydrogen (secondary N) is 1. The highest BCUT2D eigenvalue weighted by Crippen LogP contribution is 2.08. The molecule has 0 aliphatic rings. The summed E-state index contributed by atoms with van der Waals surface area (Å²) in [6, 6.07) is 5.79. The monoisotopic (exact) mass is 195 g/mol. The van der Waals surface area contributed by atoms with Gasteiger partial charge in [-0.3, -0.25) is 4.79 Å². The van der Waals surface area contributed by atoms with E-state index < -0.39 is 18.6 Å². The maximum absolute atomic E-state index is 11.2. The van der Waals surface area contributed by atoms with Crippen molar-refractivity contribution in [3.8, 4) is 0 Å². The standard InChI is InChI=1S/C9H9NO4/c11-5-10-8(12)6-3-1-2-4-7(6)9(13)14/h1-4,11H,5H2,(H,10,12)(H,13,14). The van der Waals surface area contributed by atoms with Crippen LogP contribution in [0.4, 0.5) is 0 Å². The quantitative estimate of drug-likeness (QED) is 0.595. The zero-order chi connectivity index (χ0) is 10.6. The molecule has 0 saturated heterocycles. The van der Waals surface area contributed by atoms with Crippen molar-refractivity contribution in [3.05, 3.63) is 35.4 Å². The van der Waals surface area contributed by atoms with Crippen LogP contribution in [0.5, 0.6) is 0 Å². The number of carbonyl (C=O) groups excluding carboxylic acids is 1. The number of carbonyl (C=O) groups is 2. The summed E-state index contributed by atoms with van der Waals surface area (Å²) in [4.78, 5) is 21.9. The number of carboxylic acids is 1. The van der Waals surface area contributed by atoms with Gasteiger partial charge in [-0.2, -0.15) is 0 Å². The number of aliphatic hydroxyl groups excluding tert-OH is 1. The lowest BCUT2D eigenvalue weighted by atomic mass is 10.1. The lowest BCUT2D eigenvalue weighted by molar-refractivity contribution is 0.0689.